The summed E-state index contributed by atoms with van der Waals surface area (Å²) < 4.78 is 36.1. The first kappa shape index (κ1) is 41.8. The van der Waals surface area contributed by atoms with Crippen molar-refractivity contribution < 1.29 is 26.6 Å². The Labute approximate surface area is 279 Å². The van der Waals surface area contributed by atoms with Gasteiger partial charge in [-0.15, -0.1) is 0 Å². The molecule has 0 fully saturated rings. The fourth-order valence-electron chi connectivity index (χ4n) is 6.07. The molecule has 0 aliphatic heterocycles. The minimum Gasteiger partial charge on any atom is -0.376 e. The molecule has 0 heterocycles. The fraction of sp³-hybridized carbons (Fsp3) is 0.806. The standard InChI is InChI=1S/C31H64N2O6Si5/c1-14-33(15-2)30-27(20-22-40-25-32-21-19-23-43(37-16-3,38-17-4)39-18-5)29(41(10)11)24-28(31(30)42(12)13)26(6)44(34-7,35-8)36-9/h24,26,32H,14-23,25H2,1-13H3. The lowest BCUT2D eigenvalue weighted by atomic mass is 10.0. The van der Waals surface area contributed by atoms with Gasteiger partial charge >= 0.3 is 17.6 Å². The first-order chi connectivity index (χ1) is 21.0. The molecule has 0 aliphatic carbocycles. The van der Waals surface area contributed by atoms with Crippen LogP contribution in [0.3, 0.4) is 0 Å². The molecule has 1 aromatic carbocycles. The van der Waals surface area contributed by atoms with Crippen LogP contribution in [0.15, 0.2) is 6.07 Å². The molecule has 1 unspecified atom stereocenters. The number of nitrogens with zero attached hydrogens (tertiary/aromatic N) is 1. The van der Waals surface area contributed by atoms with E-state index in [-0.39, 0.29) is 5.54 Å². The Morgan fingerprint density at radius 1 is 0.864 bits per heavy atom. The lowest BCUT2D eigenvalue weighted by molar-refractivity contribution is 0.0708. The molecule has 0 amide bonds. The Balaban J connectivity index is 3.23. The highest BCUT2D eigenvalue weighted by molar-refractivity contribution is 6.75. The quantitative estimate of drug-likeness (QED) is 0.117. The van der Waals surface area contributed by atoms with Crippen molar-refractivity contribution in [3.8, 4) is 0 Å². The number of nitrogens with one attached hydrogen (secondary N) is 1. The second-order valence-corrected chi connectivity index (χ2v) is 23.8. The minimum atomic E-state index is -2.88. The summed E-state index contributed by atoms with van der Waals surface area (Å²) >= 11 is 0. The average molecular weight is 701 g/mol. The van der Waals surface area contributed by atoms with Crippen LogP contribution in [0, 0.1) is 0 Å². The fourth-order valence-corrected chi connectivity index (χ4v) is 14.9. The summed E-state index contributed by atoms with van der Waals surface area (Å²) in [5.74, 6) is 0. The first-order valence-electron chi connectivity index (χ1n) is 16.6. The van der Waals surface area contributed by atoms with E-state index in [9.17, 15) is 0 Å². The second kappa shape index (κ2) is 21.6. The minimum absolute atomic E-state index is 0.0573. The molecule has 0 saturated carbocycles. The molecular weight excluding hydrogens is 637 g/mol. The number of benzene rings is 1. The van der Waals surface area contributed by atoms with Crippen LogP contribution in [0.5, 0.6) is 0 Å². The molecule has 1 rings (SSSR count). The van der Waals surface area contributed by atoms with Crippen molar-refractivity contribution in [3.05, 3.63) is 17.2 Å². The first-order valence-corrected chi connectivity index (χ1v) is 26.7. The number of anilines is 1. The summed E-state index contributed by atoms with van der Waals surface area (Å²) in [6, 6.07) is 4.58. The van der Waals surface area contributed by atoms with Crippen LogP contribution in [0.2, 0.25) is 38.3 Å². The third-order valence-electron chi connectivity index (χ3n) is 8.14. The van der Waals surface area contributed by atoms with Gasteiger partial charge in [-0.1, -0.05) is 50.4 Å². The van der Waals surface area contributed by atoms with Gasteiger partial charge in [0.25, 0.3) is 0 Å². The van der Waals surface area contributed by atoms with Gasteiger partial charge in [0.05, 0.1) is 32.7 Å². The molecule has 0 saturated heterocycles. The number of rotatable bonds is 25. The highest BCUT2D eigenvalue weighted by atomic mass is 28.4. The molecule has 1 N–H and O–H groups in total. The molecule has 0 aromatic heterocycles. The zero-order valence-electron chi connectivity index (χ0n) is 30.3. The molecular formula is C31H64N2O6Si5. The summed E-state index contributed by atoms with van der Waals surface area (Å²) in [5.41, 5.74) is 4.51. The van der Waals surface area contributed by atoms with Crippen LogP contribution in [-0.2, 0) is 33.0 Å². The zero-order valence-corrected chi connectivity index (χ0v) is 35.3. The van der Waals surface area contributed by atoms with Crippen molar-refractivity contribution in [2.75, 3.05) is 71.9 Å². The number of hydrogen-bond donors (Lipinski definition) is 1. The summed E-state index contributed by atoms with van der Waals surface area (Å²) in [4.78, 5) is 2.61. The van der Waals surface area contributed by atoms with Gasteiger partial charge in [0.15, 0.2) is 0 Å². The van der Waals surface area contributed by atoms with E-state index in [1.54, 1.807) is 32.1 Å². The van der Waals surface area contributed by atoms with Crippen LogP contribution in [-0.4, -0.2) is 112 Å². The van der Waals surface area contributed by atoms with Crippen molar-refractivity contribution >= 4 is 60.8 Å². The highest BCUT2D eigenvalue weighted by Crippen LogP contribution is 2.32. The predicted octanol–water partition coefficient (Wildman–Crippen LogP) is 4.63. The molecule has 1 atom stereocenters. The van der Waals surface area contributed by atoms with Crippen LogP contribution >= 0.6 is 0 Å². The Morgan fingerprint density at radius 3 is 1.84 bits per heavy atom. The van der Waals surface area contributed by atoms with E-state index in [1.165, 1.54) is 22.5 Å². The average Bonchev–Trinajstić information content (AvgIpc) is 3.00. The van der Waals surface area contributed by atoms with Gasteiger partial charge in [-0.25, -0.2) is 0 Å². The molecule has 4 radical (unpaired) electrons. The van der Waals surface area contributed by atoms with Crippen molar-refractivity contribution in [2.24, 2.45) is 0 Å². The molecule has 13 heteroatoms. The Kier molecular flexibility index (Phi) is 20.6. The van der Waals surface area contributed by atoms with Crippen LogP contribution in [0.1, 0.15) is 64.6 Å². The van der Waals surface area contributed by atoms with Gasteiger partial charge < -0.3 is 36.8 Å². The summed E-state index contributed by atoms with van der Waals surface area (Å²) in [7, 11) is -0.908. The van der Waals surface area contributed by atoms with E-state index in [4.69, 9.17) is 26.6 Å². The third-order valence-corrected chi connectivity index (χ3v) is 18.5. The van der Waals surface area contributed by atoms with E-state index >= 15 is 0 Å². The lowest BCUT2D eigenvalue weighted by Crippen LogP contribution is -2.52. The molecule has 254 valence electrons. The molecule has 0 aliphatic rings. The van der Waals surface area contributed by atoms with Gasteiger partial charge in [0.2, 0.25) is 0 Å². The molecule has 44 heavy (non-hydrogen) atoms. The van der Waals surface area contributed by atoms with E-state index < -0.39 is 35.2 Å². The van der Waals surface area contributed by atoms with Crippen molar-refractivity contribution in [2.45, 2.75) is 98.2 Å². The summed E-state index contributed by atoms with van der Waals surface area (Å²) in [6.07, 6.45) is 3.16. The number of hydrogen-bond acceptors (Lipinski definition) is 8. The van der Waals surface area contributed by atoms with Gasteiger partial charge in [-0.05, 0) is 76.5 Å². The highest BCUT2D eigenvalue weighted by Gasteiger charge is 2.47. The monoisotopic (exact) mass is 700 g/mol. The predicted molar refractivity (Wildman–Crippen MR) is 197 cm³/mol. The smallest absolute Gasteiger partial charge is 0.376 e. The Bertz CT molecular complexity index is 910. The topological polar surface area (TPSA) is 70.7 Å². The maximum absolute atomic E-state index is 6.02. The van der Waals surface area contributed by atoms with Gasteiger partial charge in [-0.2, -0.15) is 0 Å². The van der Waals surface area contributed by atoms with E-state index in [2.05, 4.69) is 63.2 Å². The van der Waals surface area contributed by atoms with E-state index in [1.807, 2.05) is 20.8 Å². The van der Waals surface area contributed by atoms with Crippen LogP contribution in [0.4, 0.5) is 5.69 Å². The van der Waals surface area contributed by atoms with E-state index in [0.29, 0.717) is 19.8 Å². The largest absolute Gasteiger partial charge is 0.507 e. The third kappa shape index (κ3) is 11.2. The normalized spacial score (nSPS) is 13.3. The van der Waals surface area contributed by atoms with Crippen molar-refractivity contribution in [3.63, 3.8) is 0 Å². The maximum atomic E-state index is 6.02. The molecule has 8 nitrogen and oxygen atoms in total. The van der Waals surface area contributed by atoms with Crippen LogP contribution < -0.4 is 20.6 Å². The van der Waals surface area contributed by atoms with Gasteiger partial charge in [0.1, 0.15) is 0 Å². The lowest BCUT2D eigenvalue weighted by Gasteiger charge is -2.37. The molecule has 1 aromatic rings. The maximum Gasteiger partial charge on any atom is 0.507 e. The molecule has 0 spiro atoms. The Hall–Kier alpha value is -0.176. The van der Waals surface area contributed by atoms with Crippen LogP contribution in [0.25, 0.3) is 0 Å². The zero-order chi connectivity index (χ0) is 33.3. The van der Waals surface area contributed by atoms with E-state index in [0.717, 1.165) is 54.2 Å². The molecule has 0 bridgehead atoms. The van der Waals surface area contributed by atoms with Crippen molar-refractivity contribution in [1.82, 2.24) is 5.32 Å². The van der Waals surface area contributed by atoms with Gasteiger partial charge in [-0.3, -0.25) is 0 Å². The van der Waals surface area contributed by atoms with Crippen molar-refractivity contribution in [1.29, 1.82) is 0 Å². The summed E-state index contributed by atoms with van der Waals surface area (Å²) in [5, 5.41) is 6.77. The Morgan fingerprint density at radius 2 is 1.41 bits per heavy atom. The second-order valence-electron chi connectivity index (χ2n) is 11.3. The van der Waals surface area contributed by atoms with Gasteiger partial charge in [0, 0.05) is 66.0 Å². The SMILES string of the molecule is CCO[Si](CCCNC[Si]CCc1c([Si](C)C)cc(C(C)[Si](OC)(OC)OC)c([Si](C)C)c1N(CC)CC)(OCC)OCC. The summed E-state index contributed by atoms with van der Waals surface area (Å²) in [6.45, 7) is 27.5.